The van der Waals surface area contributed by atoms with Gasteiger partial charge < -0.3 is 9.47 Å². The van der Waals surface area contributed by atoms with E-state index in [-0.39, 0.29) is 30.4 Å². The van der Waals surface area contributed by atoms with Gasteiger partial charge in [0.25, 0.3) is 0 Å². The summed E-state index contributed by atoms with van der Waals surface area (Å²) in [7, 11) is 0. The zero-order valence-electron chi connectivity index (χ0n) is 14.2. The summed E-state index contributed by atoms with van der Waals surface area (Å²) in [5, 5.41) is 0. The lowest BCUT2D eigenvalue weighted by molar-refractivity contribution is -0.133. The predicted molar refractivity (Wildman–Crippen MR) is 94.2 cm³/mol. The molecule has 2 aliphatic heterocycles. The molecule has 0 radical (unpaired) electrons. The number of amides is 2. The maximum atomic E-state index is 12.6. The molecule has 0 spiro atoms. The SMILES string of the molecule is O=C(NNC(=O)[C@H]1CCO[C@@H]1c1ccccc1)C1COc2ccccc21. The number of carbonyl (C=O) groups excluding carboxylic acids is 2. The first-order chi connectivity index (χ1) is 12.7. The molecular weight excluding hydrogens is 332 g/mol. The summed E-state index contributed by atoms with van der Waals surface area (Å²) < 4.78 is 11.3. The Bertz CT molecular complexity index is 808. The fraction of sp³-hybridized carbons (Fsp3) is 0.300. The first-order valence-corrected chi connectivity index (χ1v) is 8.72. The lowest BCUT2D eigenvalue weighted by Gasteiger charge is -2.19. The van der Waals surface area contributed by atoms with Crippen LogP contribution in [0.1, 0.15) is 29.6 Å². The molecule has 0 aliphatic carbocycles. The average molecular weight is 352 g/mol. The summed E-state index contributed by atoms with van der Waals surface area (Å²) in [6.07, 6.45) is 0.333. The molecule has 0 bridgehead atoms. The van der Waals surface area contributed by atoms with Crippen LogP contribution in [-0.2, 0) is 14.3 Å². The average Bonchev–Trinajstić information content (AvgIpc) is 3.33. The van der Waals surface area contributed by atoms with Gasteiger partial charge in [-0.2, -0.15) is 0 Å². The molecule has 1 fully saturated rings. The topological polar surface area (TPSA) is 76.7 Å². The number of hydrogen-bond acceptors (Lipinski definition) is 4. The first-order valence-electron chi connectivity index (χ1n) is 8.72. The summed E-state index contributed by atoms with van der Waals surface area (Å²) in [6.45, 7) is 0.801. The van der Waals surface area contributed by atoms with Crippen LogP contribution >= 0.6 is 0 Å². The van der Waals surface area contributed by atoms with Crippen molar-refractivity contribution in [3.05, 3.63) is 65.7 Å². The lowest BCUT2D eigenvalue weighted by atomic mass is 9.95. The lowest BCUT2D eigenvalue weighted by Crippen LogP contribution is -2.47. The van der Waals surface area contributed by atoms with Crippen LogP contribution in [0.25, 0.3) is 0 Å². The first kappa shape index (κ1) is 16.6. The number of para-hydroxylation sites is 1. The second kappa shape index (κ2) is 7.17. The van der Waals surface area contributed by atoms with E-state index in [2.05, 4.69) is 10.9 Å². The van der Waals surface area contributed by atoms with Gasteiger partial charge in [0, 0.05) is 12.2 Å². The van der Waals surface area contributed by atoms with Gasteiger partial charge in [-0.15, -0.1) is 0 Å². The molecule has 2 N–H and O–H groups in total. The minimum absolute atomic E-state index is 0.239. The van der Waals surface area contributed by atoms with Crippen LogP contribution < -0.4 is 15.6 Å². The molecule has 4 rings (SSSR count). The van der Waals surface area contributed by atoms with Gasteiger partial charge >= 0.3 is 0 Å². The summed E-state index contributed by atoms with van der Waals surface area (Å²) >= 11 is 0. The highest BCUT2D eigenvalue weighted by atomic mass is 16.5. The van der Waals surface area contributed by atoms with E-state index in [0.29, 0.717) is 18.8 Å². The molecule has 1 saturated heterocycles. The maximum Gasteiger partial charge on any atom is 0.249 e. The number of nitrogens with one attached hydrogen (secondary N) is 2. The Morgan fingerprint density at radius 2 is 1.65 bits per heavy atom. The third-order valence-corrected chi connectivity index (χ3v) is 4.88. The smallest absolute Gasteiger partial charge is 0.249 e. The molecule has 2 amide bonds. The zero-order valence-corrected chi connectivity index (χ0v) is 14.2. The second-order valence-electron chi connectivity index (χ2n) is 6.48. The van der Waals surface area contributed by atoms with Gasteiger partial charge in [-0.1, -0.05) is 48.5 Å². The van der Waals surface area contributed by atoms with E-state index < -0.39 is 5.92 Å². The van der Waals surface area contributed by atoms with Crippen LogP contribution in [0.4, 0.5) is 0 Å². The molecule has 0 saturated carbocycles. The van der Waals surface area contributed by atoms with Crippen molar-refractivity contribution < 1.29 is 19.1 Å². The highest BCUT2D eigenvalue weighted by molar-refractivity contribution is 5.88. The molecule has 0 aromatic heterocycles. The van der Waals surface area contributed by atoms with Gasteiger partial charge in [0.05, 0.1) is 12.0 Å². The molecule has 2 heterocycles. The molecule has 2 aliphatic rings. The third kappa shape index (κ3) is 3.15. The van der Waals surface area contributed by atoms with Crippen LogP contribution in [0.15, 0.2) is 54.6 Å². The van der Waals surface area contributed by atoms with E-state index >= 15 is 0 Å². The number of fused-ring (bicyclic) bond motifs is 1. The van der Waals surface area contributed by atoms with E-state index in [0.717, 1.165) is 11.1 Å². The minimum Gasteiger partial charge on any atom is -0.492 e. The Hall–Kier alpha value is -2.86. The van der Waals surface area contributed by atoms with Gasteiger partial charge in [-0.25, -0.2) is 0 Å². The van der Waals surface area contributed by atoms with E-state index in [1.54, 1.807) is 0 Å². The van der Waals surface area contributed by atoms with Gasteiger partial charge in [0.1, 0.15) is 18.3 Å². The Balaban J connectivity index is 1.37. The molecule has 6 nitrogen and oxygen atoms in total. The van der Waals surface area contributed by atoms with Crippen molar-refractivity contribution in [1.29, 1.82) is 0 Å². The highest BCUT2D eigenvalue weighted by Gasteiger charge is 2.36. The normalized spacial score (nSPS) is 23.8. The molecule has 6 heteroatoms. The monoisotopic (exact) mass is 352 g/mol. The second-order valence-corrected chi connectivity index (χ2v) is 6.48. The fourth-order valence-electron chi connectivity index (χ4n) is 3.51. The highest BCUT2D eigenvalue weighted by Crippen LogP contribution is 2.35. The van der Waals surface area contributed by atoms with Crippen LogP contribution in [0, 0.1) is 5.92 Å². The van der Waals surface area contributed by atoms with Crippen LogP contribution in [-0.4, -0.2) is 25.0 Å². The molecule has 2 aromatic rings. The van der Waals surface area contributed by atoms with Crippen molar-refractivity contribution >= 4 is 11.8 Å². The van der Waals surface area contributed by atoms with Crippen molar-refractivity contribution in [2.24, 2.45) is 5.92 Å². The number of rotatable bonds is 3. The molecule has 134 valence electrons. The van der Waals surface area contributed by atoms with Crippen molar-refractivity contribution in [2.75, 3.05) is 13.2 Å². The maximum absolute atomic E-state index is 12.6. The molecule has 1 unspecified atom stereocenters. The number of carbonyl (C=O) groups is 2. The van der Waals surface area contributed by atoms with Gasteiger partial charge in [0.15, 0.2) is 0 Å². The van der Waals surface area contributed by atoms with Gasteiger partial charge in [0.2, 0.25) is 11.8 Å². The van der Waals surface area contributed by atoms with Crippen molar-refractivity contribution in [3.63, 3.8) is 0 Å². The van der Waals surface area contributed by atoms with E-state index in [9.17, 15) is 9.59 Å². The number of benzene rings is 2. The molecule has 26 heavy (non-hydrogen) atoms. The Labute approximate surface area is 151 Å². The number of ether oxygens (including phenoxy) is 2. The van der Waals surface area contributed by atoms with Crippen molar-refractivity contribution in [2.45, 2.75) is 18.4 Å². The van der Waals surface area contributed by atoms with Crippen LogP contribution in [0.3, 0.4) is 0 Å². The molecule has 2 aromatic carbocycles. The van der Waals surface area contributed by atoms with Crippen molar-refractivity contribution in [1.82, 2.24) is 10.9 Å². The van der Waals surface area contributed by atoms with Crippen molar-refractivity contribution in [3.8, 4) is 5.75 Å². The molecular formula is C20H20N2O4. The van der Waals surface area contributed by atoms with E-state index in [1.807, 2.05) is 54.6 Å². The number of hydrazine groups is 1. The van der Waals surface area contributed by atoms with Gasteiger partial charge in [-0.3, -0.25) is 20.4 Å². The van der Waals surface area contributed by atoms with Crippen LogP contribution in [0.2, 0.25) is 0 Å². The molecule has 3 atom stereocenters. The Morgan fingerprint density at radius 1 is 0.923 bits per heavy atom. The third-order valence-electron chi connectivity index (χ3n) is 4.88. The number of hydrogen-bond donors (Lipinski definition) is 2. The largest absolute Gasteiger partial charge is 0.492 e. The predicted octanol–water partition coefficient (Wildman–Crippen LogP) is 2.09. The Kier molecular flexibility index (Phi) is 4.58. The standard InChI is InChI=1S/C20H20N2O4/c23-19(15-10-11-25-18(15)13-6-2-1-3-7-13)21-22-20(24)16-12-26-17-9-5-4-8-14(16)17/h1-9,15-16,18H,10-12H2,(H,21,23)(H,22,24)/t15-,16?,18+/m0/s1. The van der Waals surface area contributed by atoms with E-state index in [1.165, 1.54) is 0 Å². The zero-order chi connectivity index (χ0) is 17.9. The van der Waals surface area contributed by atoms with E-state index in [4.69, 9.17) is 9.47 Å². The van der Waals surface area contributed by atoms with Gasteiger partial charge in [-0.05, 0) is 18.1 Å². The Morgan fingerprint density at radius 3 is 2.50 bits per heavy atom. The minimum atomic E-state index is -0.420. The summed E-state index contributed by atoms with van der Waals surface area (Å²) in [5.74, 6) is -0.552. The summed E-state index contributed by atoms with van der Waals surface area (Å²) in [5.41, 5.74) is 6.90. The quantitative estimate of drug-likeness (QED) is 0.830. The fourth-order valence-corrected chi connectivity index (χ4v) is 3.51. The van der Waals surface area contributed by atoms with Crippen LogP contribution in [0.5, 0.6) is 5.75 Å². The summed E-state index contributed by atoms with van der Waals surface area (Å²) in [6, 6.07) is 17.1. The summed E-state index contributed by atoms with van der Waals surface area (Å²) in [4.78, 5) is 25.0.